The van der Waals surface area contributed by atoms with E-state index in [9.17, 15) is 14.4 Å². The summed E-state index contributed by atoms with van der Waals surface area (Å²) >= 11 is 0. The van der Waals surface area contributed by atoms with Crippen LogP contribution in [-0.4, -0.2) is 60.2 Å². The number of alkyl carbamates (subject to hydrolysis) is 1. The Hall–Kier alpha value is -3.39. The topological polar surface area (TPSA) is 97.0 Å². The van der Waals surface area contributed by atoms with Crippen LogP contribution in [0.25, 0.3) is 0 Å². The van der Waals surface area contributed by atoms with Gasteiger partial charge in [0.2, 0.25) is 5.91 Å². The molecule has 1 heterocycles. The van der Waals surface area contributed by atoms with E-state index in [1.165, 1.54) is 5.56 Å². The van der Waals surface area contributed by atoms with Crippen LogP contribution in [0.3, 0.4) is 0 Å². The monoisotopic (exact) mass is 551 g/mol. The van der Waals surface area contributed by atoms with E-state index in [4.69, 9.17) is 9.47 Å². The number of rotatable bonds is 12. The standard InChI is InChI=1S/C32H45N3O5/c1-5-25(26-15-10-7-11-16-26)22-35-20-19-27(21-33-31(38)39-23-24-13-8-6-9-14-24)34-28(30(35)37)17-12-18-29(36)40-32(2,3)4/h6-11,13-16,25,27-28,34H,5,12,17-23H2,1-4H3,(H,33,38)/t25?,27?,28-/m0/s1. The molecule has 2 aromatic rings. The molecular weight excluding hydrogens is 506 g/mol. The van der Waals surface area contributed by atoms with Gasteiger partial charge in [0.1, 0.15) is 12.2 Å². The molecule has 0 radical (unpaired) electrons. The van der Waals surface area contributed by atoms with Crippen LogP contribution in [0.4, 0.5) is 4.79 Å². The minimum atomic E-state index is -0.539. The molecule has 2 unspecified atom stereocenters. The summed E-state index contributed by atoms with van der Waals surface area (Å²) in [4.78, 5) is 40.3. The molecule has 0 spiro atoms. The summed E-state index contributed by atoms with van der Waals surface area (Å²) < 4.78 is 10.8. The van der Waals surface area contributed by atoms with Gasteiger partial charge in [-0.2, -0.15) is 0 Å². The van der Waals surface area contributed by atoms with Crippen molar-refractivity contribution in [3.8, 4) is 0 Å². The number of carbonyl (C=O) groups excluding carboxylic acids is 3. The van der Waals surface area contributed by atoms with E-state index in [0.29, 0.717) is 38.9 Å². The van der Waals surface area contributed by atoms with Crippen molar-refractivity contribution in [2.45, 2.75) is 90.0 Å². The number of esters is 1. The van der Waals surface area contributed by atoms with E-state index in [2.05, 4.69) is 29.7 Å². The predicted octanol–water partition coefficient (Wildman–Crippen LogP) is 5.18. The SMILES string of the molecule is CCC(CN1CCC(CNC(=O)OCc2ccccc2)N[C@@H](CCCC(=O)OC(C)(C)C)C1=O)c1ccccc1. The van der Waals surface area contributed by atoms with Crippen molar-refractivity contribution < 1.29 is 23.9 Å². The molecule has 2 N–H and O–H groups in total. The molecule has 0 bridgehead atoms. The third-order valence-electron chi connectivity index (χ3n) is 7.00. The molecule has 0 saturated carbocycles. The first-order chi connectivity index (χ1) is 19.1. The van der Waals surface area contributed by atoms with Crippen LogP contribution in [0.15, 0.2) is 60.7 Å². The average Bonchev–Trinajstić information content (AvgIpc) is 3.07. The molecule has 1 aliphatic heterocycles. The lowest BCUT2D eigenvalue weighted by Gasteiger charge is -2.28. The van der Waals surface area contributed by atoms with Crippen LogP contribution >= 0.6 is 0 Å². The second kappa shape index (κ2) is 15.4. The van der Waals surface area contributed by atoms with Gasteiger partial charge in [-0.1, -0.05) is 67.6 Å². The van der Waals surface area contributed by atoms with Crippen LogP contribution < -0.4 is 10.6 Å². The average molecular weight is 552 g/mol. The normalized spacial score (nSPS) is 18.5. The highest BCUT2D eigenvalue weighted by Gasteiger charge is 2.32. The van der Waals surface area contributed by atoms with Crippen molar-refractivity contribution in [1.82, 2.24) is 15.5 Å². The van der Waals surface area contributed by atoms with Crippen molar-refractivity contribution in [3.05, 3.63) is 71.8 Å². The Labute approximate surface area is 238 Å². The molecule has 40 heavy (non-hydrogen) atoms. The first kappa shape index (κ1) is 31.1. The van der Waals surface area contributed by atoms with Crippen LogP contribution in [0, 0.1) is 0 Å². The molecule has 0 aliphatic carbocycles. The van der Waals surface area contributed by atoms with Gasteiger partial charge < -0.3 is 25.0 Å². The largest absolute Gasteiger partial charge is 0.460 e. The quantitative estimate of drug-likeness (QED) is 0.353. The lowest BCUT2D eigenvalue weighted by molar-refractivity contribution is -0.155. The van der Waals surface area contributed by atoms with E-state index < -0.39 is 17.7 Å². The highest BCUT2D eigenvalue weighted by atomic mass is 16.6. The number of nitrogens with one attached hydrogen (secondary N) is 2. The molecule has 1 aliphatic rings. The Morgan fingerprint density at radius 3 is 2.40 bits per heavy atom. The number of hydrogen-bond donors (Lipinski definition) is 2. The third kappa shape index (κ3) is 10.6. The predicted molar refractivity (Wildman–Crippen MR) is 156 cm³/mol. The second-order valence-corrected chi connectivity index (χ2v) is 11.4. The van der Waals surface area contributed by atoms with Gasteiger partial charge in [0.15, 0.2) is 0 Å². The van der Waals surface area contributed by atoms with Gasteiger partial charge in [-0.15, -0.1) is 0 Å². The molecule has 1 fully saturated rings. The summed E-state index contributed by atoms with van der Waals surface area (Å²) in [7, 11) is 0. The lowest BCUT2D eigenvalue weighted by Crippen LogP contribution is -2.49. The van der Waals surface area contributed by atoms with Crippen molar-refractivity contribution in [2.75, 3.05) is 19.6 Å². The van der Waals surface area contributed by atoms with Gasteiger partial charge in [-0.3, -0.25) is 9.59 Å². The Morgan fingerprint density at radius 2 is 1.75 bits per heavy atom. The summed E-state index contributed by atoms with van der Waals surface area (Å²) in [5, 5.41) is 6.32. The Bertz CT molecular complexity index is 1070. The highest BCUT2D eigenvalue weighted by Crippen LogP contribution is 2.23. The summed E-state index contributed by atoms with van der Waals surface area (Å²) in [6.45, 7) is 9.43. The molecule has 2 aromatic carbocycles. The van der Waals surface area contributed by atoms with Crippen LogP contribution in [0.5, 0.6) is 0 Å². The van der Waals surface area contributed by atoms with E-state index in [1.807, 2.05) is 74.2 Å². The van der Waals surface area contributed by atoms with E-state index in [1.54, 1.807) is 0 Å². The first-order valence-corrected chi connectivity index (χ1v) is 14.4. The lowest BCUT2D eigenvalue weighted by atomic mass is 9.95. The fourth-order valence-corrected chi connectivity index (χ4v) is 4.92. The molecule has 1 saturated heterocycles. The third-order valence-corrected chi connectivity index (χ3v) is 7.00. The molecule has 0 aromatic heterocycles. The van der Waals surface area contributed by atoms with Crippen molar-refractivity contribution in [1.29, 1.82) is 0 Å². The Morgan fingerprint density at radius 1 is 1.07 bits per heavy atom. The van der Waals surface area contributed by atoms with Gasteiger partial charge in [0.05, 0.1) is 6.04 Å². The van der Waals surface area contributed by atoms with Gasteiger partial charge in [0.25, 0.3) is 0 Å². The van der Waals surface area contributed by atoms with E-state index in [-0.39, 0.29) is 36.9 Å². The van der Waals surface area contributed by atoms with Crippen LogP contribution in [-0.2, 0) is 25.7 Å². The number of amides is 2. The minimum absolute atomic E-state index is 0.0349. The zero-order valence-electron chi connectivity index (χ0n) is 24.4. The van der Waals surface area contributed by atoms with Crippen molar-refractivity contribution in [2.24, 2.45) is 0 Å². The minimum Gasteiger partial charge on any atom is -0.460 e. The second-order valence-electron chi connectivity index (χ2n) is 11.4. The fourth-order valence-electron chi connectivity index (χ4n) is 4.92. The molecule has 3 atom stereocenters. The van der Waals surface area contributed by atoms with Gasteiger partial charge in [0, 0.05) is 38.0 Å². The summed E-state index contributed by atoms with van der Waals surface area (Å²) in [6, 6.07) is 19.2. The maximum absolute atomic E-state index is 13.7. The van der Waals surface area contributed by atoms with Crippen LogP contribution in [0.2, 0.25) is 0 Å². The smallest absolute Gasteiger partial charge is 0.407 e. The molecule has 3 rings (SSSR count). The Kier molecular flexibility index (Phi) is 12.0. The number of nitrogens with zero attached hydrogens (tertiary/aromatic N) is 1. The molecular formula is C32H45N3O5. The summed E-state index contributed by atoms with van der Waals surface area (Å²) in [5.41, 5.74) is 1.60. The maximum Gasteiger partial charge on any atom is 0.407 e. The van der Waals surface area contributed by atoms with Gasteiger partial charge in [-0.25, -0.2) is 4.79 Å². The van der Waals surface area contributed by atoms with Gasteiger partial charge >= 0.3 is 12.1 Å². The number of carbonyl (C=O) groups is 3. The Balaban J connectivity index is 1.62. The molecule has 8 nitrogen and oxygen atoms in total. The maximum atomic E-state index is 13.7. The number of ether oxygens (including phenoxy) is 2. The van der Waals surface area contributed by atoms with E-state index >= 15 is 0 Å². The zero-order chi connectivity index (χ0) is 29.0. The zero-order valence-corrected chi connectivity index (χ0v) is 24.4. The number of hydrogen-bond acceptors (Lipinski definition) is 6. The molecule has 2 amide bonds. The van der Waals surface area contributed by atoms with Gasteiger partial charge in [-0.05, 0) is 57.6 Å². The molecule has 8 heteroatoms. The number of benzene rings is 2. The summed E-state index contributed by atoms with van der Waals surface area (Å²) in [5.74, 6) is 0.00264. The molecule has 218 valence electrons. The fraction of sp³-hybridized carbons (Fsp3) is 0.531. The van der Waals surface area contributed by atoms with Crippen molar-refractivity contribution >= 4 is 18.0 Å². The van der Waals surface area contributed by atoms with E-state index in [0.717, 1.165) is 12.0 Å². The highest BCUT2D eigenvalue weighted by molar-refractivity contribution is 5.82. The summed E-state index contributed by atoms with van der Waals surface area (Å²) in [6.07, 6.45) is 2.41. The van der Waals surface area contributed by atoms with Crippen LogP contribution in [0.1, 0.15) is 76.8 Å². The first-order valence-electron chi connectivity index (χ1n) is 14.4. The van der Waals surface area contributed by atoms with Crippen molar-refractivity contribution in [3.63, 3.8) is 0 Å².